The van der Waals surface area contributed by atoms with Crippen LogP contribution in [0.5, 0.6) is 0 Å². The minimum Gasteiger partial charge on any atom is -0.393 e. The van der Waals surface area contributed by atoms with Crippen molar-refractivity contribution in [2.75, 3.05) is 0 Å². The summed E-state index contributed by atoms with van der Waals surface area (Å²) < 4.78 is 13.7. The minimum absolute atomic E-state index is 0.0259. The van der Waals surface area contributed by atoms with Gasteiger partial charge in [-0.1, -0.05) is 13.8 Å². The van der Waals surface area contributed by atoms with Crippen molar-refractivity contribution >= 4 is 43.3 Å². The maximum absolute atomic E-state index is 13.7. The number of nitrogens with one attached hydrogen (secondary N) is 2. The molecule has 1 unspecified atom stereocenters. The van der Waals surface area contributed by atoms with Gasteiger partial charge in [-0.3, -0.25) is 10.8 Å². The molecule has 5 N–H and O–H groups in total. The molecule has 3 rings (SSSR count). The molecule has 1 heterocycles. The number of aliphatic hydroxyl groups excluding tert-OH is 1. The van der Waals surface area contributed by atoms with Crippen LogP contribution in [-0.4, -0.2) is 33.6 Å². The Bertz CT molecular complexity index is 1070. The molecule has 0 saturated heterocycles. The van der Waals surface area contributed by atoms with Crippen molar-refractivity contribution in [1.29, 1.82) is 10.8 Å². The van der Waals surface area contributed by atoms with Gasteiger partial charge in [0.1, 0.15) is 17.5 Å². The second-order valence-corrected chi connectivity index (χ2v) is 9.94. The number of halogens is 1. The molecular weight excluding hydrogens is 444 g/mol. The number of allylic oxidation sites excluding steroid dienone is 1. The first kappa shape index (κ1) is 24.4. The van der Waals surface area contributed by atoms with E-state index in [1.54, 1.807) is 6.07 Å². The van der Waals surface area contributed by atoms with E-state index in [9.17, 15) is 9.50 Å². The van der Waals surface area contributed by atoms with Crippen LogP contribution in [0.3, 0.4) is 0 Å². The van der Waals surface area contributed by atoms with Crippen molar-refractivity contribution in [1.82, 2.24) is 4.98 Å². The molecule has 170 valence electrons. The van der Waals surface area contributed by atoms with Gasteiger partial charge in [0.05, 0.1) is 27.4 Å². The van der Waals surface area contributed by atoms with Crippen LogP contribution in [-0.2, 0) is 0 Å². The van der Waals surface area contributed by atoms with E-state index in [0.29, 0.717) is 21.7 Å². The zero-order chi connectivity index (χ0) is 23.4. The molecule has 1 aromatic carbocycles. The summed E-state index contributed by atoms with van der Waals surface area (Å²) in [5.41, 5.74) is 7.41. The van der Waals surface area contributed by atoms with Crippen molar-refractivity contribution in [3.63, 3.8) is 0 Å². The molecule has 32 heavy (non-hydrogen) atoms. The predicted octanol–water partition coefficient (Wildman–Crippen LogP) is 4.38. The molecule has 2 aromatic rings. The van der Waals surface area contributed by atoms with Crippen molar-refractivity contribution in [2.24, 2.45) is 16.6 Å². The van der Waals surface area contributed by atoms with Crippen LogP contribution in [0.2, 0.25) is 0 Å². The van der Waals surface area contributed by atoms with Gasteiger partial charge in [-0.05, 0) is 61.3 Å². The molecule has 0 bridgehead atoms. The highest BCUT2D eigenvalue weighted by Crippen LogP contribution is 2.39. The Morgan fingerprint density at radius 3 is 2.59 bits per heavy atom. The Morgan fingerprint density at radius 1 is 1.28 bits per heavy atom. The van der Waals surface area contributed by atoms with E-state index in [0.717, 1.165) is 36.3 Å². The molecule has 0 spiro atoms. The van der Waals surface area contributed by atoms with Gasteiger partial charge in [0.25, 0.3) is 0 Å². The van der Waals surface area contributed by atoms with Gasteiger partial charge in [-0.25, -0.2) is 14.4 Å². The van der Waals surface area contributed by atoms with Gasteiger partial charge in [0.15, 0.2) is 0 Å². The summed E-state index contributed by atoms with van der Waals surface area (Å²) in [4.78, 5) is 9.57. The highest BCUT2D eigenvalue weighted by Gasteiger charge is 2.26. The molecule has 1 aromatic heterocycles. The largest absolute Gasteiger partial charge is 0.393 e. The molecule has 1 fully saturated rings. The lowest BCUT2D eigenvalue weighted by Crippen LogP contribution is -2.20. The molecule has 0 amide bonds. The summed E-state index contributed by atoms with van der Waals surface area (Å²) in [5, 5.41) is 28.1. The summed E-state index contributed by atoms with van der Waals surface area (Å²) in [6.45, 7) is 3.80. The fraction of sp³-hybridized carbons (Fsp3) is 0.391. The predicted molar refractivity (Wildman–Crippen MR) is 134 cm³/mol. The third kappa shape index (κ3) is 5.94. The Labute approximate surface area is 194 Å². The fourth-order valence-corrected chi connectivity index (χ4v) is 5.06. The lowest BCUT2D eigenvalue weighted by atomic mass is 9.88. The zero-order valence-electron chi connectivity index (χ0n) is 18.2. The summed E-state index contributed by atoms with van der Waals surface area (Å²) >= 11 is 1.45. The summed E-state index contributed by atoms with van der Waals surface area (Å²) in [7, 11) is 2.54. The average molecular weight is 474 g/mol. The van der Waals surface area contributed by atoms with Crippen LogP contribution in [0.1, 0.15) is 55.3 Å². The Kier molecular flexibility index (Phi) is 8.04. The lowest BCUT2D eigenvalue weighted by Gasteiger charge is -2.23. The van der Waals surface area contributed by atoms with E-state index in [1.165, 1.54) is 35.6 Å². The normalized spacial score (nSPS) is 19.6. The molecule has 1 atom stereocenters. The number of amidine groups is 2. The first-order chi connectivity index (χ1) is 15.2. The zero-order valence-corrected chi connectivity index (χ0v) is 20.2. The number of hydrogen-bond acceptors (Lipinski definition) is 5. The van der Waals surface area contributed by atoms with Crippen LogP contribution < -0.4 is 11.0 Å². The van der Waals surface area contributed by atoms with E-state index in [-0.39, 0.29) is 35.3 Å². The topological polar surface area (TPSA) is 119 Å². The number of aliphatic imine (C=N–C) groups is 1. The number of nitrogens with two attached hydrogens (primary N) is 1. The quantitative estimate of drug-likeness (QED) is 0.283. The average Bonchev–Trinajstić information content (AvgIpc) is 3.17. The van der Waals surface area contributed by atoms with E-state index in [1.807, 2.05) is 13.8 Å². The standard InChI is InChI=1S/C23H29FN5OPS/c1-12(2)22(27)28-19(26)10-9-17(25)21-20(16-8-5-14(24)11-18(16)31)29-23(32-21)13-3-6-15(30)7-4-13/h5,8-13,15,25,30H,3-4,6-7,31H2,1-2H3,(H3,26,27,28)/b10-9-,25-17?. The highest BCUT2D eigenvalue weighted by molar-refractivity contribution is 7.28. The molecule has 0 radical (unpaired) electrons. The van der Waals surface area contributed by atoms with Gasteiger partial charge in [0, 0.05) is 17.4 Å². The van der Waals surface area contributed by atoms with E-state index < -0.39 is 0 Å². The highest BCUT2D eigenvalue weighted by atomic mass is 32.1. The van der Waals surface area contributed by atoms with Gasteiger partial charge >= 0.3 is 0 Å². The van der Waals surface area contributed by atoms with Crippen molar-refractivity contribution in [3.05, 3.63) is 46.1 Å². The van der Waals surface area contributed by atoms with E-state index in [2.05, 4.69) is 14.2 Å². The Hall–Kier alpha value is -2.28. The molecule has 0 aliphatic heterocycles. The Balaban J connectivity index is 1.95. The van der Waals surface area contributed by atoms with E-state index >= 15 is 0 Å². The molecule has 9 heteroatoms. The van der Waals surface area contributed by atoms with Crippen molar-refractivity contribution in [2.45, 2.75) is 51.6 Å². The number of aromatic nitrogens is 1. The summed E-state index contributed by atoms with van der Waals surface area (Å²) in [6.07, 6.45) is 5.89. The van der Waals surface area contributed by atoms with Gasteiger partial charge in [0.2, 0.25) is 0 Å². The van der Waals surface area contributed by atoms with Crippen LogP contribution in [0.25, 0.3) is 11.3 Å². The number of thiazole rings is 1. The maximum atomic E-state index is 13.7. The number of hydrogen-bond donors (Lipinski definition) is 4. The monoisotopic (exact) mass is 473 g/mol. The van der Waals surface area contributed by atoms with Crippen LogP contribution in [0, 0.1) is 22.6 Å². The van der Waals surface area contributed by atoms with Crippen molar-refractivity contribution < 1.29 is 9.50 Å². The molecular formula is C23H29FN5OPS. The first-order valence-corrected chi connectivity index (χ1v) is 12.0. The van der Waals surface area contributed by atoms with Crippen LogP contribution >= 0.6 is 20.6 Å². The molecule has 1 aliphatic carbocycles. The summed E-state index contributed by atoms with van der Waals surface area (Å²) in [6, 6.07) is 4.50. The fourth-order valence-electron chi connectivity index (χ4n) is 3.49. The SMILES string of the molecule is CC(C)C(N)=NC(=N)/C=C\C(=N)c1sc(C2CCC(O)CC2)nc1-c1ccc(F)cc1P. The number of benzene rings is 1. The number of aliphatic hydroxyl groups is 1. The second-order valence-electron chi connectivity index (χ2n) is 8.29. The molecule has 6 nitrogen and oxygen atoms in total. The number of nitrogens with zero attached hydrogens (tertiary/aromatic N) is 2. The molecule has 1 saturated carbocycles. The Morgan fingerprint density at radius 2 is 1.97 bits per heavy atom. The second kappa shape index (κ2) is 10.6. The van der Waals surface area contributed by atoms with Crippen molar-refractivity contribution in [3.8, 4) is 11.3 Å². The lowest BCUT2D eigenvalue weighted by molar-refractivity contribution is 0.122. The smallest absolute Gasteiger partial charge is 0.146 e. The third-order valence-corrected chi connectivity index (χ3v) is 7.18. The van der Waals surface area contributed by atoms with Gasteiger partial charge in [-0.15, -0.1) is 20.6 Å². The van der Waals surface area contributed by atoms with Crippen LogP contribution in [0.4, 0.5) is 4.39 Å². The van der Waals surface area contributed by atoms with Crippen LogP contribution in [0.15, 0.2) is 35.3 Å². The van der Waals surface area contributed by atoms with E-state index in [4.69, 9.17) is 21.5 Å². The number of rotatable bonds is 6. The van der Waals surface area contributed by atoms with Gasteiger partial charge < -0.3 is 10.8 Å². The van der Waals surface area contributed by atoms with Gasteiger partial charge in [-0.2, -0.15) is 0 Å². The third-order valence-electron chi connectivity index (χ3n) is 5.45. The first-order valence-electron chi connectivity index (χ1n) is 10.6. The summed E-state index contributed by atoms with van der Waals surface area (Å²) in [5.74, 6) is 0.273. The maximum Gasteiger partial charge on any atom is 0.146 e. The minimum atomic E-state index is -0.332. The molecule has 1 aliphatic rings.